The van der Waals surface area contributed by atoms with E-state index in [1.54, 1.807) is 6.07 Å². The zero-order valence-corrected chi connectivity index (χ0v) is 13.4. The molecule has 1 aliphatic heterocycles. The van der Waals surface area contributed by atoms with Gasteiger partial charge in [-0.1, -0.05) is 11.6 Å². The van der Waals surface area contributed by atoms with Crippen LogP contribution in [0.15, 0.2) is 18.2 Å². The molecule has 0 bridgehead atoms. The minimum Gasteiger partial charge on any atom is -0.507 e. The van der Waals surface area contributed by atoms with Crippen LogP contribution in [0.4, 0.5) is 0 Å². The first kappa shape index (κ1) is 16.1. The predicted octanol–water partition coefficient (Wildman–Crippen LogP) is 2.90. The molecule has 21 heavy (non-hydrogen) atoms. The van der Waals surface area contributed by atoms with Crippen molar-refractivity contribution in [1.82, 2.24) is 10.2 Å². The first-order valence-corrected chi connectivity index (χ1v) is 7.87. The van der Waals surface area contributed by atoms with Gasteiger partial charge in [0.1, 0.15) is 5.75 Å². The van der Waals surface area contributed by atoms with Crippen molar-refractivity contribution < 1.29 is 9.90 Å². The minimum atomic E-state index is -0.150. The van der Waals surface area contributed by atoms with Gasteiger partial charge in [-0.05, 0) is 63.9 Å². The first-order valence-electron chi connectivity index (χ1n) is 7.49. The molecule has 1 saturated heterocycles. The summed E-state index contributed by atoms with van der Waals surface area (Å²) in [6.45, 7) is 6.74. The van der Waals surface area contributed by atoms with Gasteiger partial charge in [-0.2, -0.15) is 0 Å². The first-order chi connectivity index (χ1) is 9.99. The molecule has 0 aromatic heterocycles. The van der Waals surface area contributed by atoms with Crippen molar-refractivity contribution in [3.05, 3.63) is 28.8 Å². The number of piperidine rings is 1. The largest absolute Gasteiger partial charge is 0.507 e. The number of phenolic OH excluding ortho intramolecular Hbond substituents is 1. The molecule has 2 N–H and O–H groups in total. The van der Waals surface area contributed by atoms with E-state index in [9.17, 15) is 9.90 Å². The van der Waals surface area contributed by atoms with Crippen molar-refractivity contribution in [2.24, 2.45) is 5.92 Å². The van der Waals surface area contributed by atoms with Crippen LogP contribution in [0.3, 0.4) is 0 Å². The van der Waals surface area contributed by atoms with Gasteiger partial charge in [0.05, 0.1) is 5.56 Å². The molecular formula is C16H23ClN2O2. The summed E-state index contributed by atoms with van der Waals surface area (Å²) < 4.78 is 0. The van der Waals surface area contributed by atoms with Gasteiger partial charge >= 0.3 is 0 Å². The number of nitrogens with one attached hydrogen (secondary N) is 1. The number of aromatic hydroxyl groups is 1. The fourth-order valence-electron chi connectivity index (χ4n) is 2.70. The summed E-state index contributed by atoms with van der Waals surface area (Å²) in [5, 5.41) is 13.7. The average molecular weight is 311 g/mol. The van der Waals surface area contributed by atoms with Crippen LogP contribution in [0.5, 0.6) is 5.75 Å². The van der Waals surface area contributed by atoms with Gasteiger partial charge in [0.15, 0.2) is 0 Å². The zero-order chi connectivity index (χ0) is 15.4. The third-order valence-corrected chi connectivity index (χ3v) is 4.22. The molecule has 0 atom stereocenters. The van der Waals surface area contributed by atoms with Gasteiger partial charge in [0.2, 0.25) is 0 Å². The molecule has 1 heterocycles. The zero-order valence-electron chi connectivity index (χ0n) is 12.6. The minimum absolute atomic E-state index is 0.0136. The van der Waals surface area contributed by atoms with Crippen LogP contribution in [0.1, 0.15) is 37.0 Å². The number of carbonyl (C=O) groups is 1. The Morgan fingerprint density at radius 2 is 2.10 bits per heavy atom. The standard InChI is InChI=1S/C16H23ClN2O2/c1-11(2)19(10-12-5-7-18-8-6-12)16(21)14-9-13(17)3-4-15(14)20/h3-4,9,11-12,18,20H,5-8,10H2,1-2H3. The number of carbonyl (C=O) groups excluding carboxylic acids is 1. The van der Waals surface area contributed by atoms with Crippen LogP contribution in [0.25, 0.3) is 0 Å². The maximum absolute atomic E-state index is 12.7. The molecule has 1 amide bonds. The lowest BCUT2D eigenvalue weighted by molar-refractivity contribution is 0.0655. The molecule has 1 aromatic rings. The van der Waals surface area contributed by atoms with Gasteiger partial charge in [0, 0.05) is 17.6 Å². The fourth-order valence-corrected chi connectivity index (χ4v) is 2.88. The van der Waals surface area contributed by atoms with E-state index in [-0.39, 0.29) is 23.3 Å². The van der Waals surface area contributed by atoms with E-state index < -0.39 is 0 Å². The highest BCUT2D eigenvalue weighted by molar-refractivity contribution is 6.31. The number of benzene rings is 1. The second kappa shape index (κ2) is 7.14. The Morgan fingerprint density at radius 1 is 1.43 bits per heavy atom. The molecule has 4 nitrogen and oxygen atoms in total. The van der Waals surface area contributed by atoms with Gasteiger partial charge in [-0.25, -0.2) is 0 Å². The van der Waals surface area contributed by atoms with E-state index in [4.69, 9.17) is 11.6 Å². The molecule has 116 valence electrons. The van der Waals surface area contributed by atoms with Crippen molar-refractivity contribution in [1.29, 1.82) is 0 Å². The number of rotatable bonds is 4. The van der Waals surface area contributed by atoms with Crippen LogP contribution in [0, 0.1) is 5.92 Å². The number of phenols is 1. The molecule has 1 aromatic carbocycles. The van der Waals surface area contributed by atoms with Gasteiger partial charge in [-0.3, -0.25) is 4.79 Å². The molecule has 1 aliphatic rings. The summed E-state index contributed by atoms with van der Waals surface area (Å²) >= 11 is 5.95. The summed E-state index contributed by atoms with van der Waals surface area (Å²) in [5.41, 5.74) is 0.283. The van der Waals surface area contributed by atoms with E-state index in [0.29, 0.717) is 10.9 Å². The Hall–Kier alpha value is -1.26. The molecule has 1 fully saturated rings. The summed E-state index contributed by atoms with van der Waals surface area (Å²) in [6, 6.07) is 4.68. The summed E-state index contributed by atoms with van der Waals surface area (Å²) in [4.78, 5) is 14.6. The maximum atomic E-state index is 12.7. The van der Waals surface area contributed by atoms with Crippen LogP contribution in [0.2, 0.25) is 5.02 Å². The SMILES string of the molecule is CC(C)N(CC1CCNCC1)C(=O)c1cc(Cl)ccc1O. The van der Waals surface area contributed by atoms with E-state index in [0.717, 1.165) is 32.5 Å². The van der Waals surface area contributed by atoms with E-state index in [1.807, 2.05) is 18.7 Å². The quantitative estimate of drug-likeness (QED) is 0.899. The topological polar surface area (TPSA) is 52.6 Å². The van der Waals surface area contributed by atoms with Crippen molar-refractivity contribution in [2.75, 3.05) is 19.6 Å². The summed E-state index contributed by atoms with van der Waals surface area (Å²) in [5.74, 6) is 0.350. The predicted molar refractivity (Wildman–Crippen MR) is 84.9 cm³/mol. The Bertz CT molecular complexity index is 499. The highest BCUT2D eigenvalue weighted by Crippen LogP contribution is 2.25. The molecule has 0 spiro atoms. The summed E-state index contributed by atoms with van der Waals surface area (Å²) in [7, 11) is 0. The second-order valence-corrected chi connectivity index (χ2v) is 6.34. The molecule has 0 aliphatic carbocycles. The number of hydrogen-bond acceptors (Lipinski definition) is 3. The molecular weight excluding hydrogens is 288 g/mol. The van der Waals surface area contributed by atoms with Crippen molar-refractivity contribution in [3.63, 3.8) is 0 Å². The number of nitrogens with zero attached hydrogens (tertiary/aromatic N) is 1. The van der Waals surface area contributed by atoms with Gasteiger partial charge in [0.25, 0.3) is 5.91 Å². The Morgan fingerprint density at radius 3 is 2.71 bits per heavy atom. The number of amides is 1. The molecule has 0 saturated carbocycles. The third-order valence-electron chi connectivity index (χ3n) is 3.99. The molecule has 5 heteroatoms. The second-order valence-electron chi connectivity index (χ2n) is 5.91. The van der Waals surface area contributed by atoms with Crippen LogP contribution >= 0.6 is 11.6 Å². The lowest BCUT2D eigenvalue weighted by Gasteiger charge is -2.33. The third kappa shape index (κ3) is 4.11. The Labute approximate surface area is 131 Å². The van der Waals surface area contributed by atoms with Crippen molar-refractivity contribution in [2.45, 2.75) is 32.7 Å². The smallest absolute Gasteiger partial charge is 0.257 e. The molecule has 0 unspecified atom stereocenters. The van der Waals surface area contributed by atoms with Gasteiger partial charge < -0.3 is 15.3 Å². The van der Waals surface area contributed by atoms with Crippen LogP contribution in [-0.2, 0) is 0 Å². The van der Waals surface area contributed by atoms with Crippen molar-refractivity contribution >= 4 is 17.5 Å². The highest BCUT2D eigenvalue weighted by atomic mass is 35.5. The maximum Gasteiger partial charge on any atom is 0.257 e. The molecule has 0 radical (unpaired) electrons. The van der Waals surface area contributed by atoms with Gasteiger partial charge in [-0.15, -0.1) is 0 Å². The van der Waals surface area contributed by atoms with E-state index in [1.165, 1.54) is 12.1 Å². The van der Waals surface area contributed by atoms with E-state index >= 15 is 0 Å². The number of hydrogen-bond donors (Lipinski definition) is 2. The monoisotopic (exact) mass is 310 g/mol. The average Bonchev–Trinajstić information content (AvgIpc) is 2.47. The fraction of sp³-hybridized carbons (Fsp3) is 0.562. The highest BCUT2D eigenvalue weighted by Gasteiger charge is 2.25. The molecule has 2 rings (SSSR count). The van der Waals surface area contributed by atoms with Crippen LogP contribution in [-0.4, -0.2) is 41.6 Å². The van der Waals surface area contributed by atoms with Crippen molar-refractivity contribution in [3.8, 4) is 5.75 Å². The lowest BCUT2D eigenvalue weighted by Crippen LogP contribution is -2.43. The Kier molecular flexibility index (Phi) is 5.48. The summed E-state index contributed by atoms with van der Waals surface area (Å²) in [6.07, 6.45) is 2.16. The lowest BCUT2D eigenvalue weighted by atomic mass is 9.96. The Balaban J connectivity index is 2.16. The normalized spacial score (nSPS) is 16.2. The van der Waals surface area contributed by atoms with Crippen LogP contribution < -0.4 is 5.32 Å². The van der Waals surface area contributed by atoms with E-state index in [2.05, 4.69) is 5.32 Å². The number of halogens is 1.